The molecule has 0 fully saturated rings. The van der Waals surface area contributed by atoms with Crippen molar-refractivity contribution in [3.8, 4) is 5.75 Å². The van der Waals surface area contributed by atoms with Crippen molar-refractivity contribution in [3.63, 3.8) is 0 Å². The Bertz CT molecular complexity index is 639. The number of carbonyl (C=O) groups is 3. The van der Waals surface area contributed by atoms with Gasteiger partial charge in [0.2, 0.25) is 0 Å². The highest BCUT2D eigenvalue weighted by Crippen LogP contribution is 2.17. The van der Waals surface area contributed by atoms with Gasteiger partial charge in [-0.2, -0.15) is 0 Å². The molecule has 5 nitrogen and oxygen atoms in total. The van der Waals surface area contributed by atoms with Gasteiger partial charge in [-0.05, 0) is 30.7 Å². The predicted molar refractivity (Wildman–Crippen MR) is 70.5 cm³/mol. The number of aromatic hydroxyl groups is 1. The molecule has 0 saturated heterocycles. The normalized spacial score (nSPS) is 18.9. The monoisotopic (exact) mass is 272 g/mol. The number of cyclic esters (lactones) is 1. The minimum atomic E-state index is -1.44. The Hall–Kier alpha value is -2.69. The number of phenols is 1. The molecule has 1 aromatic carbocycles. The number of esters is 1. The molecule has 1 aromatic rings. The lowest BCUT2D eigenvalue weighted by Gasteiger charge is -2.15. The van der Waals surface area contributed by atoms with Crippen LogP contribution in [0.3, 0.4) is 0 Å². The molecular formula is C15H12O5. The molecule has 0 aliphatic carbocycles. The number of hydrogen-bond donors (Lipinski definition) is 1. The van der Waals surface area contributed by atoms with Crippen LogP contribution in [0.15, 0.2) is 42.2 Å². The SMILES string of the molecule is CC1=CC(=O)[C@@H](C(=O)/C=C/c2cccc(O)c2)C(=O)O1. The molecule has 0 bridgehead atoms. The number of hydrogen-bond acceptors (Lipinski definition) is 5. The summed E-state index contributed by atoms with van der Waals surface area (Å²) in [6.07, 6.45) is 3.69. The van der Waals surface area contributed by atoms with Gasteiger partial charge < -0.3 is 9.84 Å². The number of allylic oxidation sites excluding steroid dienone is 3. The summed E-state index contributed by atoms with van der Waals surface area (Å²) in [5, 5.41) is 9.29. The van der Waals surface area contributed by atoms with E-state index in [0.29, 0.717) is 5.56 Å². The summed E-state index contributed by atoms with van der Waals surface area (Å²) in [5.74, 6) is -3.28. The molecule has 0 amide bonds. The second-order valence-electron chi connectivity index (χ2n) is 4.34. The second-order valence-corrected chi connectivity index (χ2v) is 4.34. The van der Waals surface area contributed by atoms with E-state index in [4.69, 9.17) is 4.74 Å². The third-order valence-corrected chi connectivity index (χ3v) is 2.72. The first-order valence-corrected chi connectivity index (χ1v) is 5.92. The highest BCUT2D eigenvalue weighted by Gasteiger charge is 2.36. The number of ketones is 2. The largest absolute Gasteiger partial charge is 0.508 e. The third-order valence-electron chi connectivity index (χ3n) is 2.72. The highest BCUT2D eigenvalue weighted by molar-refractivity contribution is 6.25. The third kappa shape index (κ3) is 3.00. The number of ether oxygens (including phenoxy) is 1. The summed E-state index contributed by atoms with van der Waals surface area (Å²) in [6, 6.07) is 6.24. The van der Waals surface area contributed by atoms with Gasteiger partial charge >= 0.3 is 5.97 Å². The summed E-state index contributed by atoms with van der Waals surface area (Å²) in [6.45, 7) is 1.47. The Balaban J connectivity index is 2.16. The average molecular weight is 272 g/mol. The van der Waals surface area contributed by atoms with Crippen LogP contribution in [-0.2, 0) is 19.1 Å². The quantitative estimate of drug-likeness (QED) is 0.513. The molecule has 1 heterocycles. The van der Waals surface area contributed by atoms with Gasteiger partial charge in [0, 0.05) is 6.08 Å². The van der Waals surface area contributed by atoms with Gasteiger partial charge in [-0.3, -0.25) is 14.4 Å². The van der Waals surface area contributed by atoms with Crippen molar-refractivity contribution in [2.45, 2.75) is 6.92 Å². The molecule has 0 saturated carbocycles. The zero-order chi connectivity index (χ0) is 14.7. The molecule has 2 rings (SSSR count). The highest BCUT2D eigenvalue weighted by atomic mass is 16.5. The van der Waals surface area contributed by atoms with Crippen LogP contribution in [0.2, 0.25) is 0 Å². The Morgan fingerprint density at radius 3 is 2.75 bits per heavy atom. The van der Waals surface area contributed by atoms with E-state index in [-0.39, 0.29) is 11.5 Å². The number of carbonyl (C=O) groups excluding carboxylic acids is 3. The molecule has 1 aliphatic rings. The van der Waals surface area contributed by atoms with E-state index < -0.39 is 23.5 Å². The van der Waals surface area contributed by atoms with Crippen molar-refractivity contribution in [1.82, 2.24) is 0 Å². The smallest absolute Gasteiger partial charge is 0.329 e. The van der Waals surface area contributed by atoms with E-state index in [1.54, 1.807) is 12.1 Å². The predicted octanol–water partition coefficient (Wildman–Crippen LogP) is 1.62. The summed E-state index contributed by atoms with van der Waals surface area (Å²) < 4.78 is 4.77. The van der Waals surface area contributed by atoms with Crippen LogP contribution in [0.25, 0.3) is 6.08 Å². The van der Waals surface area contributed by atoms with Crippen molar-refractivity contribution in [2.24, 2.45) is 5.92 Å². The van der Waals surface area contributed by atoms with Crippen LogP contribution < -0.4 is 0 Å². The summed E-state index contributed by atoms with van der Waals surface area (Å²) >= 11 is 0. The van der Waals surface area contributed by atoms with Gasteiger partial charge in [0.15, 0.2) is 17.5 Å². The van der Waals surface area contributed by atoms with E-state index in [1.165, 1.54) is 25.1 Å². The first kappa shape index (κ1) is 13.7. The van der Waals surface area contributed by atoms with Crippen LogP contribution in [0.1, 0.15) is 12.5 Å². The minimum absolute atomic E-state index is 0.0614. The molecule has 102 valence electrons. The van der Waals surface area contributed by atoms with Gasteiger partial charge in [-0.25, -0.2) is 0 Å². The lowest BCUT2D eigenvalue weighted by Crippen LogP contribution is -2.34. The lowest BCUT2D eigenvalue weighted by atomic mass is 9.96. The average Bonchev–Trinajstić information content (AvgIpc) is 2.35. The molecular weight excluding hydrogens is 260 g/mol. The molecule has 0 spiro atoms. The van der Waals surface area contributed by atoms with Crippen molar-refractivity contribution in [2.75, 3.05) is 0 Å². The van der Waals surface area contributed by atoms with Gasteiger partial charge in [-0.1, -0.05) is 18.2 Å². The van der Waals surface area contributed by atoms with Gasteiger partial charge in [0.05, 0.1) is 0 Å². The zero-order valence-electron chi connectivity index (χ0n) is 10.7. The van der Waals surface area contributed by atoms with Crippen molar-refractivity contribution < 1.29 is 24.2 Å². The maximum absolute atomic E-state index is 11.9. The Kier molecular flexibility index (Phi) is 3.79. The van der Waals surface area contributed by atoms with E-state index in [0.717, 1.165) is 12.2 Å². The van der Waals surface area contributed by atoms with E-state index in [9.17, 15) is 19.5 Å². The molecule has 1 aliphatic heterocycles. The standard InChI is InChI=1S/C15H12O5/c1-9-7-13(18)14(15(19)20-9)12(17)6-5-10-3-2-4-11(16)8-10/h2-8,14,16H,1H3/b6-5+/t14-/m1/s1. The van der Waals surface area contributed by atoms with Crippen molar-refractivity contribution >= 4 is 23.6 Å². The second kappa shape index (κ2) is 5.52. The summed E-state index contributed by atoms with van der Waals surface area (Å²) in [4.78, 5) is 35.1. The van der Waals surface area contributed by atoms with E-state index >= 15 is 0 Å². The van der Waals surface area contributed by atoms with Gasteiger partial charge in [0.1, 0.15) is 11.5 Å². The molecule has 0 aromatic heterocycles. The topological polar surface area (TPSA) is 80.7 Å². The van der Waals surface area contributed by atoms with Crippen LogP contribution >= 0.6 is 0 Å². The summed E-state index contributed by atoms with van der Waals surface area (Å²) in [5.41, 5.74) is 0.585. The van der Waals surface area contributed by atoms with Crippen LogP contribution in [0.5, 0.6) is 5.75 Å². The minimum Gasteiger partial charge on any atom is -0.508 e. The fraction of sp³-hybridized carbons (Fsp3) is 0.133. The van der Waals surface area contributed by atoms with Crippen molar-refractivity contribution in [3.05, 3.63) is 47.7 Å². The molecule has 20 heavy (non-hydrogen) atoms. The number of phenolic OH excluding ortho intramolecular Hbond substituents is 1. The Morgan fingerprint density at radius 1 is 1.35 bits per heavy atom. The Labute approximate surface area is 115 Å². The fourth-order valence-electron chi connectivity index (χ4n) is 1.81. The van der Waals surface area contributed by atoms with E-state index in [1.807, 2.05) is 0 Å². The first-order valence-electron chi connectivity index (χ1n) is 5.92. The van der Waals surface area contributed by atoms with Crippen LogP contribution in [0.4, 0.5) is 0 Å². The zero-order valence-corrected chi connectivity index (χ0v) is 10.7. The number of rotatable bonds is 3. The van der Waals surface area contributed by atoms with Crippen molar-refractivity contribution in [1.29, 1.82) is 0 Å². The molecule has 0 unspecified atom stereocenters. The van der Waals surface area contributed by atoms with Crippen LogP contribution in [0, 0.1) is 5.92 Å². The molecule has 1 atom stereocenters. The Morgan fingerprint density at radius 2 is 2.10 bits per heavy atom. The maximum Gasteiger partial charge on any atom is 0.329 e. The molecule has 1 N–H and O–H groups in total. The lowest BCUT2D eigenvalue weighted by molar-refractivity contribution is -0.151. The summed E-state index contributed by atoms with van der Waals surface area (Å²) in [7, 11) is 0. The maximum atomic E-state index is 11.9. The molecule has 0 radical (unpaired) electrons. The van der Waals surface area contributed by atoms with Gasteiger partial charge in [0.25, 0.3) is 0 Å². The first-order chi connectivity index (χ1) is 9.47. The molecule has 5 heteroatoms. The van der Waals surface area contributed by atoms with Gasteiger partial charge in [-0.15, -0.1) is 0 Å². The van der Waals surface area contributed by atoms with E-state index in [2.05, 4.69) is 0 Å². The van der Waals surface area contributed by atoms with Crippen LogP contribution in [-0.4, -0.2) is 22.6 Å². The fourth-order valence-corrected chi connectivity index (χ4v) is 1.81. The number of benzene rings is 1.